The zero-order chi connectivity index (χ0) is 96.6. The monoisotopic (exact) mass is 1840 g/mol. The van der Waals surface area contributed by atoms with Gasteiger partial charge in [0.15, 0.2) is 5.78 Å². The summed E-state index contributed by atoms with van der Waals surface area (Å²) in [5.74, 6) is -10.3. The lowest BCUT2D eigenvalue weighted by Crippen LogP contribution is -2.61. The SMILES string of the molecule is CC(=O)NCCCS(=O)(=O)NC(=O)[C@H]1CC(=O)[C@H](Cc2ccc3ccccc3c2)NC(=O)[C@@H]2C[C@@H](CN2C(=O)[C@@H](NC(=O)[C@H](C)N(C)C(=O)OC(C)(C)C)C(C)(C)C)n2cc(nn2)COc2ccc(cc2)C[C@@H](C(=O)O)NC(=O)[C@H](Cc2ccc3ccccc3c2)NC(=O)[C@@H]2C[C@H](CCCCOc3ccc(cc3)C1)CN2C(=O)[C@@H](NC(=O)[C@H](C)N(C)C(=O)OC(C)(C)C)C(C)(C)C. The van der Waals surface area contributed by atoms with Gasteiger partial charge in [-0.1, -0.05) is 156 Å². The molecular formula is C97H128N14O20S. The molecule has 0 unspecified atom stereocenters. The topological polar surface area (TPSA) is 441 Å². The third-order valence-electron chi connectivity index (χ3n) is 23.8. The minimum Gasteiger partial charge on any atom is -0.494 e. The van der Waals surface area contributed by atoms with Crippen LogP contribution >= 0.6 is 0 Å². The van der Waals surface area contributed by atoms with E-state index in [1.54, 1.807) is 150 Å². The number of aliphatic carboxylic acids is 1. The molecule has 132 heavy (non-hydrogen) atoms. The van der Waals surface area contributed by atoms with E-state index < -0.39 is 188 Å². The van der Waals surface area contributed by atoms with Gasteiger partial charge in [0.25, 0.3) is 0 Å². The molecule has 1 aromatic heterocycles. The highest BCUT2D eigenvalue weighted by Crippen LogP contribution is 2.36. The van der Waals surface area contributed by atoms with Crippen LogP contribution in [0.25, 0.3) is 21.5 Å². The Bertz CT molecular complexity index is 5470. The fourth-order valence-electron chi connectivity index (χ4n) is 16.1. The molecule has 0 saturated carbocycles. The molecule has 6 aliphatic rings. The highest BCUT2D eigenvalue weighted by molar-refractivity contribution is 7.90. The Morgan fingerprint density at radius 1 is 0.583 bits per heavy atom. The molecule has 6 aromatic carbocycles. The zero-order valence-corrected chi connectivity index (χ0v) is 79.3. The molecule has 12 atom stereocenters. The molecule has 2 fully saturated rings. The first-order valence-corrected chi connectivity index (χ1v) is 46.5. The van der Waals surface area contributed by atoms with Crippen LogP contribution in [0.15, 0.2) is 140 Å². The molecule has 10 bridgehead atoms. The van der Waals surface area contributed by atoms with E-state index in [0.717, 1.165) is 31.3 Å². The summed E-state index contributed by atoms with van der Waals surface area (Å²) in [6.07, 6.45) is -0.106. The smallest absolute Gasteiger partial charge is 0.410 e. The molecule has 0 radical (unpaired) electrons. The van der Waals surface area contributed by atoms with Crippen LogP contribution in [-0.4, -0.2) is 237 Å². The molecule has 13 rings (SSSR count). The number of carboxylic acids is 1. The number of carboxylic acid groups (broad SMARTS) is 1. The number of hydrogen-bond acceptors (Lipinski definition) is 21. The van der Waals surface area contributed by atoms with E-state index in [1.807, 2.05) is 72.8 Å². The van der Waals surface area contributed by atoms with E-state index in [9.17, 15) is 47.1 Å². The van der Waals surface area contributed by atoms with E-state index in [2.05, 4.69) is 46.9 Å². The molecule has 8 N–H and O–H groups in total. The maximum atomic E-state index is 15.8. The van der Waals surface area contributed by atoms with Crippen LogP contribution in [0.5, 0.6) is 11.5 Å². The minimum atomic E-state index is -4.41. The molecular weight excluding hydrogens is 1710 g/mol. The lowest BCUT2D eigenvalue weighted by Gasteiger charge is -2.37. The maximum Gasteiger partial charge on any atom is 0.410 e. The number of rotatable bonds is 19. The molecule has 0 spiro atoms. The highest BCUT2D eigenvalue weighted by atomic mass is 32.2. The molecule has 2 saturated heterocycles. The average molecular weight is 1840 g/mol. The zero-order valence-electron chi connectivity index (χ0n) is 78.5. The number of aromatic nitrogens is 3. The standard InChI is InChI=1S/C97H128N14O20S/c1-58(107(16)92(124)130-96(10,11)12)83(114)102-81(94(4,5)6)89(120)109-54-65-25-22-23-43-128-73-38-32-61(33-39-73)45-70(85(116)105-132(126,127)44-24-42-98-60(3)112)52-80(113)75(49-63-30-36-66-26-18-20-28-68(66)46-63)99-88(119)79-53-72(56-110(79)90(121)82(95(7,8)9)103-84(115)59(2)108(17)93(125)131-97(13,14)15)111-55-71(104-106-111)57-129-74-40-34-62(35-41-74)48-77(91(122)123)101-86(117)76(100-87(118)78(109)51-65)50-64-31-37-67-27-19-21-29-69(67)47-64/h18-21,26-41,46-47,55,58-59,65,70,72,75-79,81-82H,22-25,42-45,48-54,56-57H2,1-17H3,(H,98,112)(H,99,119)(H,100,118)(H,101,117)(H,102,114)(H,103,115)(H,105,116)(H,122,123)/t58-,59-,65-,70+,72-,75-,76-,77-,78-,79-,81+,82+/m0/s1. The predicted molar refractivity (Wildman–Crippen MR) is 494 cm³/mol. The lowest BCUT2D eigenvalue weighted by atomic mass is 9.85. The number of carbonyl (C=O) groups is 13. The normalized spacial score (nSPS) is 20.5. The highest BCUT2D eigenvalue weighted by Gasteiger charge is 2.50. The van der Waals surface area contributed by atoms with Gasteiger partial charge in [0, 0.05) is 72.3 Å². The third-order valence-corrected chi connectivity index (χ3v) is 25.1. The van der Waals surface area contributed by atoms with Gasteiger partial charge in [-0.2, -0.15) is 0 Å². The van der Waals surface area contributed by atoms with Crippen LogP contribution in [0.2, 0.25) is 0 Å². The summed E-state index contributed by atoms with van der Waals surface area (Å²) in [5, 5.41) is 40.1. The lowest BCUT2D eigenvalue weighted by molar-refractivity contribution is -0.145. The number of carbonyl (C=O) groups excluding carboxylic acids is 12. The van der Waals surface area contributed by atoms with Crippen molar-refractivity contribution in [3.8, 4) is 11.5 Å². The van der Waals surface area contributed by atoms with Crippen molar-refractivity contribution in [3.05, 3.63) is 168 Å². The molecule has 34 nitrogen and oxygen atoms in total. The molecule has 7 aromatic rings. The number of amides is 11. The van der Waals surface area contributed by atoms with Crippen molar-refractivity contribution in [1.82, 2.24) is 71.2 Å². The van der Waals surface area contributed by atoms with E-state index in [4.69, 9.17) is 18.9 Å². The van der Waals surface area contributed by atoms with Gasteiger partial charge in [-0.05, 0) is 185 Å². The van der Waals surface area contributed by atoms with Crippen molar-refractivity contribution in [2.24, 2.45) is 22.7 Å². The molecule has 35 heteroatoms. The average Bonchev–Trinajstić information content (AvgIpc) is 1.67. The van der Waals surface area contributed by atoms with Crippen molar-refractivity contribution in [3.63, 3.8) is 0 Å². The van der Waals surface area contributed by atoms with E-state index in [0.29, 0.717) is 53.0 Å². The van der Waals surface area contributed by atoms with Crippen LogP contribution in [0.4, 0.5) is 9.59 Å². The van der Waals surface area contributed by atoms with Gasteiger partial charge in [-0.15, -0.1) is 5.10 Å². The van der Waals surface area contributed by atoms with Gasteiger partial charge in [0.2, 0.25) is 63.2 Å². The number of benzene rings is 6. The molecule has 7 heterocycles. The molecule has 11 amide bonds. The summed E-state index contributed by atoms with van der Waals surface area (Å²) < 4.78 is 55.0. The van der Waals surface area contributed by atoms with Crippen molar-refractivity contribution < 1.29 is 94.8 Å². The van der Waals surface area contributed by atoms with Crippen molar-refractivity contribution in [1.29, 1.82) is 0 Å². The Kier molecular flexibility index (Phi) is 33.6. The summed E-state index contributed by atoms with van der Waals surface area (Å²) in [7, 11) is -1.62. The quantitative estimate of drug-likeness (QED) is 0.0350. The summed E-state index contributed by atoms with van der Waals surface area (Å²) >= 11 is 0. The first kappa shape index (κ1) is 102. The van der Waals surface area contributed by atoms with Crippen molar-refractivity contribution in [2.75, 3.05) is 46.1 Å². The van der Waals surface area contributed by atoms with Crippen molar-refractivity contribution >= 4 is 109 Å². The number of nitrogens with one attached hydrogen (secondary N) is 7. The summed E-state index contributed by atoms with van der Waals surface area (Å²) in [6, 6.07) is 26.2. The van der Waals surface area contributed by atoms with Gasteiger partial charge in [0.1, 0.15) is 83.3 Å². The number of hydrogen-bond donors (Lipinski definition) is 8. The molecule has 0 aliphatic carbocycles. The maximum absolute atomic E-state index is 15.8. The van der Waals surface area contributed by atoms with Gasteiger partial charge in [-0.25, -0.2) is 27.5 Å². The Morgan fingerprint density at radius 3 is 1.58 bits per heavy atom. The van der Waals surface area contributed by atoms with Gasteiger partial charge >= 0.3 is 18.2 Å². The number of likely N-dealkylation sites (N-methyl/N-ethyl adjacent to an activating group) is 2. The number of nitrogens with zero attached hydrogens (tertiary/aromatic N) is 7. The first-order valence-electron chi connectivity index (χ1n) is 44.8. The number of sulfonamides is 1. The first-order chi connectivity index (χ1) is 62.0. The predicted octanol–water partition coefficient (Wildman–Crippen LogP) is 9.02. The Balaban J connectivity index is 1.00. The minimum absolute atomic E-state index is 0.0205. The summed E-state index contributed by atoms with van der Waals surface area (Å²) in [5.41, 5.74) is -1.47. The van der Waals surface area contributed by atoms with E-state index in [-0.39, 0.29) is 89.4 Å². The van der Waals surface area contributed by atoms with Gasteiger partial charge in [0.05, 0.1) is 30.6 Å². The fraction of sp³-hybridized carbons (Fsp3) is 0.515. The van der Waals surface area contributed by atoms with E-state index >= 15 is 28.8 Å². The van der Waals surface area contributed by atoms with Crippen molar-refractivity contribution in [2.45, 2.75) is 253 Å². The van der Waals surface area contributed by atoms with Gasteiger partial charge < -0.3 is 65.8 Å². The number of fused-ring (bicyclic) bond motifs is 2. The number of ether oxygens (including phenoxy) is 4. The number of Topliss-reactive ketones (excluding diaryl/α,β-unsaturated/α-hetero) is 1. The van der Waals surface area contributed by atoms with Crippen LogP contribution in [-0.2, 0) is 105 Å². The number of likely N-dealkylation sites (tertiary alicyclic amines) is 2. The van der Waals surface area contributed by atoms with Crippen LogP contribution < -0.4 is 46.1 Å². The molecule has 6 aliphatic heterocycles. The number of ketones is 1. The second kappa shape index (κ2) is 43.7. The Hall–Kier alpha value is -12.6. The van der Waals surface area contributed by atoms with Crippen LogP contribution in [0.1, 0.15) is 183 Å². The largest absolute Gasteiger partial charge is 0.494 e. The second-order valence-corrected chi connectivity index (χ2v) is 40.8. The van der Waals surface area contributed by atoms with Crippen LogP contribution in [0, 0.1) is 22.7 Å². The summed E-state index contributed by atoms with van der Waals surface area (Å²) in [4.78, 5) is 194. The Labute approximate surface area is 771 Å². The second-order valence-electron chi connectivity index (χ2n) is 39.0. The fourth-order valence-corrected chi connectivity index (χ4v) is 17.2. The Morgan fingerprint density at radius 2 is 1.07 bits per heavy atom. The van der Waals surface area contributed by atoms with Gasteiger partial charge in [-0.3, -0.25) is 62.5 Å². The third kappa shape index (κ3) is 28.5. The van der Waals surface area contributed by atoms with E-state index in [1.165, 1.54) is 49.3 Å². The summed E-state index contributed by atoms with van der Waals surface area (Å²) in [6.45, 7) is 24.5. The van der Waals surface area contributed by atoms with Crippen LogP contribution in [0.3, 0.4) is 0 Å². The molecule has 712 valence electrons.